The first-order valence-electron chi connectivity index (χ1n) is 9.60. The first-order chi connectivity index (χ1) is 14.2. The summed E-state index contributed by atoms with van der Waals surface area (Å²) in [6.45, 7) is 4.45. The lowest BCUT2D eigenvalue weighted by Gasteiger charge is -2.15. The van der Waals surface area contributed by atoms with Crippen molar-refractivity contribution in [1.82, 2.24) is 14.6 Å². The van der Waals surface area contributed by atoms with Gasteiger partial charge < -0.3 is 10.6 Å². The first-order valence-corrected chi connectivity index (χ1v) is 11.9. The molecule has 0 unspecified atom stereocenters. The second-order valence-electron chi connectivity index (χ2n) is 7.41. The van der Waals surface area contributed by atoms with E-state index in [-0.39, 0.29) is 23.9 Å². The van der Waals surface area contributed by atoms with Gasteiger partial charge in [-0.05, 0) is 29.8 Å². The van der Waals surface area contributed by atoms with Crippen LogP contribution in [-0.2, 0) is 21.4 Å². The SMILES string of the molecule is CC(C)c1nc2ccc(NCC(=O)NCc3ccccc3S(=O)(=O)N(C)C)cc2s1. The van der Waals surface area contributed by atoms with Crippen molar-refractivity contribution in [1.29, 1.82) is 0 Å². The minimum absolute atomic E-state index is 0.0872. The molecule has 9 heteroatoms. The Morgan fingerprint density at radius 2 is 1.90 bits per heavy atom. The molecule has 0 aliphatic heterocycles. The molecular weight excluding hydrogens is 420 g/mol. The van der Waals surface area contributed by atoms with Gasteiger partial charge in [0.2, 0.25) is 15.9 Å². The maximum atomic E-state index is 12.5. The summed E-state index contributed by atoms with van der Waals surface area (Å²) in [7, 11) is -0.605. The van der Waals surface area contributed by atoms with Crippen molar-refractivity contribution in [3.8, 4) is 0 Å². The maximum Gasteiger partial charge on any atom is 0.242 e. The molecule has 0 radical (unpaired) electrons. The Labute approximate surface area is 181 Å². The predicted molar refractivity (Wildman–Crippen MR) is 121 cm³/mol. The normalized spacial score (nSPS) is 11.9. The standard InChI is InChI=1S/C21H26N4O3S2/c1-14(2)21-24-17-10-9-16(11-18(17)29-21)22-13-20(26)23-12-15-7-5-6-8-19(15)30(27,28)25(3)4/h5-11,14,22H,12-13H2,1-4H3,(H,23,26). The summed E-state index contributed by atoms with van der Waals surface area (Å²) in [5, 5.41) is 6.99. The van der Waals surface area contributed by atoms with Crippen molar-refractivity contribution >= 4 is 43.2 Å². The second-order valence-corrected chi connectivity index (χ2v) is 10.6. The summed E-state index contributed by atoms with van der Waals surface area (Å²) < 4.78 is 27.1. The van der Waals surface area contributed by atoms with Gasteiger partial charge in [-0.2, -0.15) is 0 Å². The predicted octanol–water partition coefficient (Wildman–Crippen LogP) is 3.40. The van der Waals surface area contributed by atoms with Gasteiger partial charge in [0.25, 0.3) is 0 Å². The van der Waals surface area contributed by atoms with Crippen LogP contribution in [0.25, 0.3) is 10.2 Å². The van der Waals surface area contributed by atoms with Crippen LogP contribution in [-0.4, -0.2) is 44.3 Å². The molecule has 30 heavy (non-hydrogen) atoms. The number of nitrogens with one attached hydrogen (secondary N) is 2. The van der Waals surface area contributed by atoms with Crippen molar-refractivity contribution < 1.29 is 13.2 Å². The van der Waals surface area contributed by atoms with Gasteiger partial charge in [-0.15, -0.1) is 11.3 Å². The molecule has 0 fully saturated rings. The van der Waals surface area contributed by atoms with Gasteiger partial charge in [0.15, 0.2) is 0 Å². The molecule has 0 spiro atoms. The minimum Gasteiger partial charge on any atom is -0.376 e. The van der Waals surface area contributed by atoms with Gasteiger partial charge >= 0.3 is 0 Å². The van der Waals surface area contributed by atoms with E-state index in [2.05, 4.69) is 29.5 Å². The fourth-order valence-corrected chi connectivity index (χ4v) is 4.96. The Morgan fingerprint density at radius 1 is 1.17 bits per heavy atom. The number of hydrogen-bond acceptors (Lipinski definition) is 6. The molecule has 3 aromatic rings. The lowest BCUT2D eigenvalue weighted by Crippen LogP contribution is -2.30. The van der Waals surface area contributed by atoms with E-state index in [0.29, 0.717) is 11.5 Å². The van der Waals surface area contributed by atoms with Crippen LogP contribution < -0.4 is 10.6 Å². The summed E-state index contributed by atoms with van der Waals surface area (Å²) in [4.78, 5) is 17.1. The number of thiazole rings is 1. The average molecular weight is 447 g/mol. The molecule has 0 aliphatic rings. The Morgan fingerprint density at radius 3 is 2.60 bits per heavy atom. The van der Waals surface area contributed by atoms with Crippen LogP contribution in [0.15, 0.2) is 47.4 Å². The zero-order valence-corrected chi connectivity index (χ0v) is 19.1. The van der Waals surface area contributed by atoms with Gasteiger partial charge in [0.1, 0.15) is 0 Å². The molecule has 1 amide bonds. The molecule has 0 saturated heterocycles. The van der Waals surface area contributed by atoms with Crippen molar-refractivity contribution in [2.24, 2.45) is 0 Å². The molecule has 160 valence electrons. The number of rotatable bonds is 8. The van der Waals surface area contributed by atoms with E-state index in [4.69, 9.17) is 0 Å². The van der Waals surface area contributed by atoms with Crippen LogP contribution in [0.5, 0.6) is 0 Å². The Hall–Kier alpha value is -2.49. The molecule has 7 nitrogen and oxygen atoms in total. The molecule has 3 rings (SSSR count). The molecule has 0 aliphatic carbocycles. The highest BCUT2D eigenvalue weighted by Gasteiger charge is 2.20. The summed E-state index contributed by atoms with van der Waals surface area (Å²) in [6, 6.07) is 12.5. The highest BCUT2D eigenvalue weighted by molar-refractivity contribution is 7.89. The molecule has 1 heterocycles. The van der Waals surface area contributed by atoms with E-state index in [1.807, 2.05) is 18.2 Å². The number of anilines is 1. The number of benzene rings is 2. The Kier molecular flexibility index (Phi) is 6.74. The second kappa shape index (κ2) is 9.11. The molecule has 2 N–H and O–H groups in total. The summed E-state index contributed by atoms with van der Waals surface area (Å²) >= 11 is 1.65. The number of hydrogen-bond donors (Lipinski definition) is 2. The summed E-state index contributed by atoms with van der Waals surface area (Å²) in [5.74, 6) is 0.156. The van der Waals surface area contributed by atoms with Gasteiger partial charge in [0.05, 0.1) is 26.7 Å². The van der Waals surface area contributed by atoms with Crippen LogP contribution in [0.1, 0.15) is 30.3 Å². The fourth-order valence-electron chi connectivity index (χ4n) is 2.84. The lowest BCUT2D eigenvalue weighted by atomic mass is 10.2. The number of sulfonamides is 1. The fraction of sp³-hybridized carbons (Fsp3) is 0.333. The zero-order chi connectivity index (χ0) is 21.9. The van der Waals surface area contributed by atoms with Crippen molar-refractivity contribution in [2.75, 3.05) is 26.0 Å². The van der Waals surface area contributed by atoms with Crippen LogP contribution in [0.4, 0.5) is 5.69 Å². The monoisotopic (exact) mass is 446 g/mol. The third-order valence-corrected chi connectivity index (χ3v) is 7.79. The van der Waals surface area contributed by atoms with Gasteiger partial charge in [-0.25, -0.2) is 17.7 Å². The molecule has 0 bridgehead atoms. The van der Waals surface area contributed by atoms with Crippen molar-refractivity contribution in [2.45, 2.75) is 31.2 Å². The number of amides is 1. The third kappa shape index (κ3) is 4.97. The minimum atomic E-state index is -3.57. The summed E-state index contributed by atoms with van der Waals surface area (Å²) in [6.07, 6.45) is 0. The Bertz CT molecular complexity index is 1150. The van der Waals surface area contributed by atoms with E-state index in [1.165, 1.54) is 14.1 Å². The molecule has 0 atom stereocenters. The van der Waals surface area contributed by atoms with Crippen LogP contribution in [0.2, 0.25) is 0 Å². The third-order valence-electron chi connectivity index (χ3n) is 4.56. The lowest BCUT2D eigenvalue weighted by molar-refractivity contribution is -0.119. The molecule has 2 aromatic carbocycles. The number of nitrogens with zero attached hydrogens (tertiary/aromatic N) is 2. The smallest absolute Gasteiger partial charge is 0.242 e. The zero-order valence-electron chi connectivity index (χ0n) is 17.5. The van der Waals surface area contributed by atoms with E-state index in [9.17, 15) is 13.2 Å². The van der Waals surface area contributed by atoms with Gasteiger partial charge in [-0.1, -0.05) is 32.0 Å². The van der Waals surface area contributed by atoms with Crippen LogP contribution >= 0.6 is 11.3 Å². The average Bonchev–Trinajstić information content (AvgIpc) is 3.14. The van der Waals surface area contributed by atoms with Crippen molar-refractivity contribution in [3.63, 3.8) is 0 Å². The Balaban J connectivity index is 1.62. The first kappa shape index (κ1) is 22.2. The van der Waals surface area contributed by atoms with E-state index in [1.54, 1.807) is 35.6 Å². The quantitative estimate of drug-likeness (QED) is 0.553. The molecular formula is C21H26N4O3S2. The van der Waals surface area contributed by atoms with E-state index < -0.39 is 10.0 Å². The topological polar surface area (TPSA) is 91.4 Å². The number of carbonyl (C=O) groups is 1. The van der Waals surface area contributed by atoms with Crippen LogP contribution in [0, 0.1) is 0 Å². The maximum absolute atomic E-state index is 12.5. The van der Waals surface area contributed by atoms with Crippen molar-refractivity contribution in [3.05, 3.63) is 53.0 Å². The molecule has 1 aromatic heterocycles. The van der Waals surface area contributed by atoms with Gasteiger partial charge in [-0.3, -0.25) is 4.79 Å². The highest BCUT2D eigenvalue weighted by atomic mass is 32.2. The highest BCUT2D eigenvalue weighted by Crippen LogP contribution is 2.29. The van der Waals surface area contributed by atoms with E-state index >= 15 is 0 Å². The number of carbonyl (C=O) groups excluding carboxylic acids is 1. The number of fused-ring (bicyclic) bond motifs is 1. The largest absolute Gasteiger partial charge is 0.376 e. The molecule has 0 saturated carbocycles. The van der Waals surface area contributed by atoms with Crippen LogP contribution in [0.3, 0.4) is 0 Å². The van der Waals surface area contributed by atoms with Gasteiger partial charge in [0, 0.05) is 32.2 Å². The number of aromatic nitrogens is 1. The van der Waals surface area contributed by atoms with E-state index in [0.717, 1.165) is 25.2 Å². The summed E-state index contributed by atoms with van der Waals surface area (Å²) in [5.41, 5.74) is 2.34.